The summed E-state index contributed by atoms with van der Waals surface area (Å²) in [6, 6.07) is 1.65. The number of rotatable bonds is 5. The van der Waals surface area contributed by atoms with E-state index in [0.717, 1.165) is 25.5 Å². The maximum atomic E-state index is 5.95. The van der Waals surface area contributed by atoms with E-state index < -0.39 is 0 Å². The second-order valence-electron chi connectivity index (χ2n) is 7.51. The van der Waals surface area contributed by atoms with Crippen LogP contribution in [-0.4, -0.2) is 60.8 Å². The first-order valence-electron chi connectivity index (χ1n) is 9.63. The Morgan fingerprint density at radius 1 is 1.29 bits per heavy atom. The van der Waals surface area contributed by atoms with E-state index in [1.54, 1.807) is 0 Å². The molecule has 3 saturated heterocycles. The molecule has 3 aliphatic heterocycles. The van der Waals surface area contributed by atoms with Gasteiger partial charge in [-0.2, -0.15) is 0 Å². The standard InChI is InChI=1S/C18H34N4O.HI/c1-4-19-18(21-16-11-15-8-9-17(16)23-15)20-12-14(3)22-10-6-5-7-13(22)2;/h13-17H,4-12H2,1-3H3,(H2,19,20,21);1H. The van der Waals surface area contributed by atoms with Crippen LogP contribution in [0.15, 0.2) is 4.99 Å². The topological polar surface area (TPSA) is 48.9 Å². The normalized spacial score (nSPS) is 34.7. The van der Waals surface area contributed by atoms with Crippen molar-refractivity contribution >= 4 is 29.9 Å². The Balaban J connectivity index is 0.00000208. The van der Waals surface area contributed by atoms with Crippen LogP contribution in [0.4, 0.5) is 0 Å². The third kappa shape index (κ3) is 4.97. The number of nitrogens with one attached hydrogen (secondary N) is 2. The number of hydrogen-bond donors (Lipinski definition) is 2. The predicted octanol–water partition coefficient (Wildman–Crippen LogP) is 2.74. The van der Waals surface area contributed by atoms with Gasteiger partial charge in [-0.25, -0.2) is 0 Å². The zero-order valence-electron chi connectivity index (χ0n) is 15.5. The summed E-state index contributed by atoms with van der Waals surface area (Å²) < 4.78 is 5.95. The Bertz CT molecular complexity index is 420. The number of fused-ring (bicyclic) bond motifs is 2. The van der Waals surface area contributed by atoms with Crippen LogP contribution in [-0.2, 0) is 4.74 Å². The van der Waals surface area contributed by atoms with Gasteiger partial charge < -0.3 is 15.4 Å². The first-order valence-corrected chi connectivity index (χ1v) is 9.63. The molecule has 2 N–H and O–H groups in total. The SMILES string of the molecule is CCNC(=NCC(C)N1CCCCC1C)NC1CC2CCC1O2.I. The molecule has 0 aromatic carbocycles. The van der Waals surface area contributed by atoms with Crippen molar-refractivity contribution in [2.75, 3.05) is 19.6 Å². The minimum Gasteiger partial charge on any atom is -0.373 e. The third-order valence-corrected chi connectivity index (χ3v) is 5.71. The minimum atomic E-state index is 0. The number of hydrogen-bond acceptors (Lipinski definition) is 3. The molecule has 3 heterocycles. The van der Waals surface area contributed by atoms with Gasteiger partial charge >= 0.3 is 0 Å². The molecule has 0 saturated carbocycles. The van der Waals surface area contributed by atoms with Crippen molar-refractivity contribution in [1.82, 2.24) is 15.5 Å². The minimum absolute atomic E-state index is 0. The van der Waals surface area contributed by atoms with Crippen molar-refractivity contribution in [2.45, 2.75) is 89.6 Å². The Kier molecular flexibility index (Phi) is 8.07. The molecule has 140 valence electrons. The van der Waals surface area contributed by atoms with Crippen molar-refractivity contribution in [1.29, 1.82) is 0 Å². The Hall–Kier alpha value is -0.0800. The molecule has 5 nitrogen and oxygen atoms in total. The molecular formula is C18H35IN4O. The van der Waals surface area contributed by atoms with Crippen LogP contribution in [0.5, 0.6) is 0 Å². The fourth-order valence-corrected chi connectivity index (χ4v) is 4.39. The van der Waals surface area contributed by atoms with Gasteiger partial charge in [0.2, 0.25) is 0 Å². The highest BCUT2D eigenvalue weighted by atomic mass is 127. The fraction of sp³-hybridized carbons (Fsp3) is 0.944. The van der Waals surface area contributed by atoms with Gasteiger partial charge in [0.05, 0.1) is 24.8 Å². The van der Waals surface area contributed by atoms with Crippen LogP contribution in [0.2, 0.25) is 0 Å². The van der Waals surface area contributed by atoms with Gasteiger partial charge in [-0.1, -0.05) is 6.42 Å². The lowest BCUT2D eigenvalue weighted by Crippen LogP contribution is -2.49. The molecule has 0 aliphatic carbocycles. The van der Waals surface area contributed by atoms with E-state index >= 15 is 0 Å². The third-order valence-electron chi connectivity index (χ3n) is 5.71. The van der Waals surface area contributed by atoms with E-state index in [9.17, 15) is 0 Å². The lowest BCUT2D eigenvalue weighted by atomic mass is 9.96. The van der Waals surface area contributed by atoms with Crippen LogP contribution >= 0.6 is 24.0 Å². The average Bonchev–Trinajstić information content (AvgIpc) is 3.16. The van der Waals surface area contributed by atoms with Crippen molar-refractivity contribution in [3.05, 3.63) is 0 Å². The van der Waals surface area contributed by atoms with Gasteiger partial charge in [-0.15, -0.1) is 24.0 Å². The van der Waals surface area contributed by atoms with Gasteiger partial charge in [0.15, 0.2) is 5.96 Å². The number of guanidine groups is 1. The maximum absolute atomic E-state index is 5.95. The zero-order chi connectivity index (χ0) is 16.2. The molecule has 0 radical (unpaired) electrons. The molecule has 3 rings (SSSR count). The summed E-state index contributed by atoms with van der Waals surface area (Å²) in [6.07, 6.45) is 8.48. The van der Waals surface area contributed by atoms with Crippen molar-refractivity contribution in [3.8, 4) is 0 Å². The number of halogens is 1. The van der Waals surface area contributed by atoms with E-state index in [1.807, 2.05) is 0 Å². The number of aliphatic imine (C=N–C) groups is 1. The van der Waals surface area contributed by atoms with E-state index in [0.29, 0.717) is 30.3 Å². The summed E-state index contributed by atoms with van der Waals surface area (Å²) in [5.74, 6) is 0.963. The van der Waals surface area contributed by atoms with Crippen LogP contribution in [0.25, 0.3) is 0 Å². The molecule has 0 spiro atoms. The lowest BCUT2D eigenvalue weighted by Gasteiger charge is -2.37. The molecule has 6 heteroatoms. The van der Waals surface area contributed by atoms with Gasteiger partial charge in [-0.3, -0.25) is 9.89 Å². The number of ether oxygens (including phenoxy) is 1. The number of likely N-dealkylation sites (tertiary alicyclic amines) is 1. The molecule has 0 aromatic rings. The van der Waals surface area contributed by atoms with Crippen LogP contribution < -0.4 is 10.6 Å². The predicted molar refractivity (Wildman–Crippen MR) is 110 cm³/mol. The second kappa shape index (κ2) is 9.57. The highest BCUT2D eigenvalue weighted by Crippen LogP contribution is 2.34. The van der Waals surface area contributed by atoms with Crippen LogP contribution in [0.1, 0.15) is 59.3 Å². The van der Waals surface area contributed by atoms with Crippen LogP contribution in [0, 0.1) is 0 Å². The summed E-state index contributed by atoms with van der Waals surface area (Å²) in [6.45, 7) is 9.79. The van der Waals surface area contributed by atoms with Crippen molar-refractivity contribution < 1.29 is 4.74 Å². The highest BCUT2D eigenvalue weighted by Gasteiger charge is 2.41. The summed E-state index contributed by atoms with van der Waals surface area (Å²) in [4.78, 5) is 7.49. The van der Waals surface area contributed by atoms with Crippen molar-refractivity contribution in [3.63, 3.8) is 0 Å². The Morgan fingerprint density at radius 2 is 2.12 bits per heavy atom. The fourth-order valence-electron chi connectivity index (χ4n) is 4.39. The molecule has 5 atom stereocenters. The largest absolute Gasteiger partial charge is 0.373 e. The quantitative estimate of drug-likeness (QED) is 0.384. The first kappa shape index (κ1) is 20.2. The Morgan fingerprint density at radius 3 is 2.75 bits per heavy atom. The molecule has 3 fully saturated rings. The summed E-state index contributed by atoms with van der Waals surface area (Å²) >= 11 is 0. The Labute approximate surface area is 164 Å². The zero-order valence-corrected chi connectivity index (χ0v) is 17.8. The summed E-state index contributed by atoms with van der Waals surface area (Å²) in [7, 11) is 0. The van der Waals surface area contributed by atoms with E-state index in [-0.39, 0.29) is 24.0 Å². The summed E-state index contributed by atoms with van der Waals surface area (Å²) in [5, 5.41) is 7.02. The van der Waals surface area contributed by atoms with Crippen LogP contribution in [0.3, 0.4) is 0 Å². The summed E-state index contributed by atoms with van der Waals surface area (Å²) in [5.41, 5.74) is 0. The molecule has 5 unspecified atom stereocenters. The molecule has 0 amide bonds. The maximum Gasteiger partial charge on any atom is 0.191 e. The lowest BCUT2D eigenvalue weighted by molar-refractivity contribution is 0.0992. The number of nitrogens with zero attached hydrogens (tertiary/aromatic N) is 2. The average molecular weight is 450 g/mol. The molecular weight excluding hydrogens is 415 g/mol. The molecule has 0 aromatic heterocycles. The smallest absolute Gasteiger partial charge is 0.191 e. The second-order valence-corrected chi connectivity index (χ2v) is 7.51. The van der Waals surface area contributed by atoms with E-state index in [2.05, 4.69) is 36.3 Å². The van der Waals surface area contributed by atoms with Gasteiger partial charge in [0.25, 0.3) is 0 Å². The van der Waals surface area contributed by atoms with Gasteiger partial charge in [0, 0.05) is 18.6 Å². The highest BCUT2D eigenvalue weighted by molar-refractivity contribution is 14.0. The first-order chi connectivity index (χ1) is 11.2. The van der Waals surface area contributed by atoms with E-state index in [1.165, 1.54) is 38.6 Å². The monoisotopic (exact) mass is 450 g/mol. The van der Waals surface area contributed by atoms with Gasteiger partial charge in [-0.05, 0) is 59.4 Å². The van der Waals surface area contributed by atoms with E-state index in [4.69, 9.17) is 9.73 Å². The molecule has 3 aliphatic rings. The number of piperidine rings is 1. The van der Waals surface area contributed by atoms with Crippen molar-refractivity contribution in [2.24, 2.45) is 4.99 Å². The molecule has 2 bridgehead atoms. The molecule has 24 heavy (non-hydrogen) atoms. The van der Waals surface area contributed by atoms with Gasteiger partial charge in [0.1, 0.15) is 0 Å².